The van der Waals surface area contributed by atoms with Crippen molar-refractivity contribution in [2.75, 3.05) is 26.2 Å². The molecule has 0 saturated carbocycles. The van der Waals surface area contributed by atoms with E-state index in [4.69, 9.17) is 0 Å². The largest absolute Gasteiger partial charge is 0.396 e. The third-order valence-corrected chi connectivity index (χ3v) is 3.45. The summed E-state index contributed by atoms with van der Waals surface area (Å²) in [6.45, 7) is 2.21. The van der Waals surface area contributed by atoms with Crippen LogP contribution in [0, 0.1) is 0 Å². The summed E-state index contributed by atoms with van der Waals surface area (Å²) in [6, 6.07) is 7.62. The highest BCUT2D eigenvalue weighted by Crippen LogP contribution is 2.37. The maximum absolute atomic E-state index is 13.2. The van der Waals surface area contributed by atoms with E-state index in [9.17, 15) is 18.0 Å². The molecule has 118 valence electrons. The normalized spacial score (nSPS) is 17.0. The van der Waals surface area contributed by atoms with Gasteiger partial charge in [0.2, 0.25) is 5.91 Å². The van der Waals surface area contributed by atoms with Gasteiger partial charge in [-0.15, -0.1) is 12.4 Å². The van der Waals surface area contributed by atoms with Gasteiger partial charge in [-0.1, -0.05) is 30.3 Å². The average Bonchev–Trinajstić information content (AvgIpc) is 2.45. The second-order valence-corrected chi connectivity index (χ2v) is 4.84. The predicted molar refractivity (Wildman–Crippen MR) is 76.6 cm³/mol. The van der Waals surface area contributed by atoms with E-state index in [2.05, 4.69) is 5.32 Å². The zero-order valence-corrected chi connectivity index (χ0v) is 12.2. The SMILES string of the molecule is Cl.O=C(CC(c1ccccc1)C(F)(F)F)N1CCNCC1. The van der Waals surface area contributed by atoms with Crippen molar-refractivity contribution in [1.29, 1.82) is 0 Å². The third kappa shape index (κ3) is 4.89. The Hall–Kier alpha value is -1.27. The van der Waals surface area contributed by atoms with Crippen LogP contribution in [0.5, 0.6) is 0 Å². The zero-order valence-electron chi connectivity index (χ0n) is 11.4. The number of alkyl halides is 3. The van der Waals surface area contributed by atoms with Crippen molar-refractivity contribution in [3.63, 3.8) is 0 Å². The number of nitrogens with one attached hydrogen (secondary N) is 1. The first-order valence-corrected chi connectivity index (χ1v) is 6.58. The van der Waals surface area contributed by atoms with Gasteiger partial charge in [0.05, 0.1) is 5.92 Å². The van der Waals surface area contributed by atoms with Crippen LogP contribution in [0.15, 0.2) is 30.3 Å². The van der Waals surface area contributed by atoms with Crippen LogP contribution < -0.4 is 5.32 Å². The molecule has 3 nitrogen and oxygen atoms in total. The predicted octanol–water partition coefficient (Wildman–Crippen LogP) is 2.58. The molecule has 1 unspecified atom stereocenters. The molecule has 1 aliphatic heterocycles. The number of piperazine rings is 1. The van der Waals surface area contributed by atoms with Crippen molar-refractivity contribution in [3.05, 3.63) is 35.9 Å². The van der Waals surface area contributed by atoms with Crippen LogP contribution in [0.1, 0.15) is 17.9 Å². The van der Waals surface area contributed by atoms with Crippen LogP contribution in [0.3, 0.4) is 0 Å². The maximum Gasteiger partial charge on any atom is 0.396 e. The number of hydrogen-bond donors (Lipinski definition) is 1. The second-order valence-electron chi connectivity index (χ2n) is 4.84. The molecule has 1 N–H and O–H groups in total. The molecule has 0 spiro atoms. The topological polar surface area (TPSA) is 32.3 Å². The van der Waals surface area contributed by atoms with Crippen LogP contribution in [0.2, 0.25) is 0 Å². The third-order valence-electron chi connectivity index (χ3n) is 3.45. The summed E-state index contributed by atoms with van der Waals surface area (Å²) in [5.41, 5.74) is 0.142. The van der Waals surface area contributed by atoms with E-state index in [1.165, 1.54) is 17.0 Å². The van der Waals surface area contributed by atoms with E-state index in [1.807, 2.05) is 0 Å². The van der Waals surface area contributed by atoms with Crippen molar-refractivity contribution in [2.24, 2.45) is 0 Å². The maximum atomic E-state index is 13.2. The lowest BCUT2D eigenvalue weighted by Gasteiger charge is -2.29. The Balaban J connectivity index is 0.00000220. The molecule has 1 amide bonds. The fraction of sp³-hybridized carbons (Fsp3) is 0.500. The number of halogens is 4. The molecule has 1 fully saturated rings. The molecule has 7 heteroatoms. The number of amides is 1. The Kier molecular flexibility index (Phi) is 6.48. The van der Waals surface area contributed by atoms with E-state index in [0.29, 0.717) is 26.2 Å². The zero-order chi connectivity index (χ0) is 14.6. The standard InChI is InChI=1S/C14H17F3N2O.ClH/c15-14(16,17)12(11-4-2-1-3-5-11)10-13(20)19-8-6-18-7-9-19;/h1-5,12,18H,6-10H2;1H. The average molecular weight is 323 g/mol. The number of benzene rings is 1. The quantitative estimate of drug-likeness (QED) is 0.927. The van der Waals surface area contributed by atoms with E-state index in [-0.39, 0.29) is 18.0 Å². The first-order chi connectivity index (χ1) is 9.48. The van der Waals surface area contributed by atoms with Gasteiger partial charge in [-0.25, -0.2) is 0 Å². The van der Waals surface area contributed by atoms with Crippen LogP contribution in [0.4, 0.5) is 13.2 Å². The number of nitrogens with zero attached hydrogens (tertiary/aromatic N) is 1. The van der Waals surface area contributed by atoms with Crippen LogP contribution in [-0.4, -0.2) is 43.2 Å². The molecule has 1 heterocycles. The van der Waals surface area contributed by atoms with Gasteiger partial charge in [0, 0.05) is 32.6 Å². The Morgan fingerprint density at radius 2 is 1.76 bits per heavy atom. The molecule has 1 aromatic rings. The highest BCUT2D eigenvalue weighted by Gasteiger charge is 2.42. The van der Waals surface area contributed by atoms with Crippen molar-refractivity contribution >= 4 is 18.3 Å². The minimum Gasteiger partial charge on any atom is -0.340 e. The molecular formula is C14H18ClF3N2O. The summed E-state index contributed by atoms with van der Waals surface area (Å²) in [7, 11) is 0. The number of carbonyl (C=O) groups is 1. The number of rotatable bonds is 3. The molecule has 1 saturated heterocycles. The lowest BCUT2D eigenvalue weighted by molar-refractivity contribution is -0.160. The van der Waals surface area contributed by atoms with Gasteiger partial charge >= 0.3 is 6.18 Å². The molecule has 2 rings (SSSR count). The first-order valence-electron chi connectivity index (χ1n) is 6.58. The van der Waals surface area contributed by atoms with Crippen LogP contribution in [0.25, 0.3) is 0 Å². The molecule has 21 heavy (non-hydrogen) atoms. The van der Waals surface area contributed by atoms with Gasteiger partial charge in [-0.3, -0.25) is 4.79 Å². The first kappa shape index (κ1) is 17.8. The Morgan fingerprint density at radius 3 is 2.29 bits per heavy atom. The Labute approximate surface area is 127 Å². The number of carbonyl (C=O) groups excluding carboxylic acids is 1. The van der Waals surface area contributed by atoms with Gasteiger partial charge in [-0.2, -0.15) is 13.2 Å². The minimum absolute atomic E-state index is 0. The molecule has 0 aliphatic carbocycles. The van der Waals surface area contributed by atoms with Gasteiger partial charge in [0.25, 0.3) is 0 Å². The van der Waals surface area contributed by atoms with E-state index in [0.717, 1.165) is 0 Å². The lowest BCUT2D eigenvalue weighted by Crippen LogP contribution is -2.47. The summed E-state index contributed by atoms with van der Waals surface area (Å²) in [5.74, 6) is -2.16. The monoisotopic (exact) mass is 322 g/mol. The summed E-state index contributed by atoms with van der Waals surface area (Å²) in [5, 5.41) is 3.07. The minimum atomic E-state index is -4.41. The highest BCUT2D eigenvalue weighted by molar-refractivity contribution is 5.85. The molecule has 1 aliphatic rings. The molecule has 1 atom stereocenters. The van der Waals surface area contributed by atoms with Gasteiger partial charge in [0.1, 0.15) is 0 Å². The molecule has 1 aromatic carbocycles. The molecule has 0 aromatic heterocycles. The second kappa shape index (κ2) is 7.66. The van der Waals surface area contributed by atoms with Crippen molar-refractivity contribution < 1.29 is 18.0 Å². The van der Waals surface area contributed by atoms with Crippen molar-refractivity contribution in [2.45, 2.75) is 18.5 Å². The summed E-state index contributed by atoms with van der Waals surface area (Å²) in [4.78, 5) is 13.5. The molecule has 0 radical (unpaired) electrons. The van der Waals surface area contributed by atoms with Crippen LogP contribution >= 0.6 is 12.4 Å². The summed E-state index contributed by atoms with van der Waals surface area (Å²) < 4.78 is 39.5. The van der Waals surface area contributed by atoms with Gasteiger partial charge in [-0.05, 0) is 5.56 Å². The fourth-order valence-electron chi connectivity index (χ4n) is 2.33. The van der Waals surface area contributed by atoms with Gasteiger partial charge in [0.15, 0.2) is 0 Å². The summed E-state index contributed by atoms with van der Waals surface area (Å²) >= 11 is 0. The Bertz CT molecular complexity index is 447. The molecular weight excluding hydrogens is 305 g/mol. The van der Waals surface area contributed by atoms with Crippen molar-refractivity contribution in [3.8, 4) is 0 Å². The van der Waals surface area contributed by atoms with Gasteiger partial charge < -0.3 is 10.2 Å². The smallest absolute Gasteiger partial charge is 0.340 e. The van der Waals surface area contributed by atoms with E-state index in [1.54, 1.807) is 18.2 Å². The Morgan fingerprint density at radius 1 is 1.19 bits per heavy atom. The molecule has 0 bridgehead atoms. The van der Waals surface area contributed by atoms with E-state index < -0.39 is 24.4 Å². The number of hydrogen-bond acceptors (Lipinski definition) is 2. The lowest BCUT2D eigenvalue weighted by atomic mass is 9.94. The highest BCUT2D eigenvalue weighted by atomic mass is 35.5. The van der Waals surface area contributed by atoms with Crippen molar-refractivity contribution in [1.82, 2.24) is 10.2 Å². The summed E-state index contributed by atoms with van der Waals surface area (Å²) in [6.07, 6.45) is -4.93. The fourth-order valence-corrected chi connectivity index (χ4v) is 2.33. The van der Waals surface area contributed by atoms with E-state index >= 15 is 0 Å². The van der Waals surface area contributed by atoms with Crippen LogP contribution in [-0.2, 0) is 4.79 Å².